The fraction of sp³-hybridized carbons (Fsp3) is 0.400. The van der Waals surface area contributed by atoms with Crippen molar-refractivity contribution in [3.63, 3.8) is 0 Å². The van der Waals surface area contributed by atoms with Crippen molar-refractivity contribution in [1.82, 2.24) is 5.32 Å². The molecule has 0 atom stereocenters. The van der Waals surface area contributed by atoms with Crippen molar-refractivity contribution in [2.24, 2.45) is 0 Å². The first-order valence-corrected chi connectivity index (χ1v) is 10.6. The number of rotatable bonds is 10. The fourth-order valence-electron chi connectivity index (χ4n) is 2.49. The SMILES string of the molecule is CCCCCCCCNC(=O)/C=C\SC(=O)c1ccc2cscc2c1. The molecule has 134 valence electrons. The molecule has 1 heterocycles. The third-order valence-electron chi connectivity index (χ3n) is 3.94. The van der Waals surface area contributed by atoms with Crippen LogP contribution in [0.3, 0.4) is 0 Å². The van der Waals surface area contributed by atoms with Gasteiger partial charge in [-0.3, -0.25) is 9.59 Å². The molecule has 0 radical (unpaired) electrons. The summed E-state index contributed by atoms with van der Waals surface area (Å²) in [5, 5.41) is 10.7. The van der Waals surface area contributed by atoms with Gasteiger partial charge in [-0.1, -0.05) is 56.9 Å². The van der Waals surface area contributed by atoms with Crippen molar-refractivity contribution >= 4 is 44.9 Å². The lowest BCUT2D eigenvalue weighted by Gasteiger charge is -2.02. The number of carbonyl (C=O) groups is 2. The quantitative estimate of drug-likeness (QED) is 0.424. The zero-order chi connectivity index (χ0) is 17.9. The second-order valence-electron chi connectivity index (χ2n) is 5.98. The average Bonchev–Trinajstić information content (AvgIpc) is 3.08. The first-order valence-electron chi connectivity index (χ1n) is 8.82. The Balaban J connectivity index is 1.65. The van der Waals surface area contributed by atoms with Crippen molar-refractivity contribution in [1.29, 1.82) is 0 Å². The van der Waals surface area contributed by atoms with Crippen molar-refractivity contribution < 1.29 is 9.59 Å². The number of thiophene rings is 1. The van der Waals surface area contributed by atoms with Crippen molar-refractivity contribution in [2.45, 2.75) is 45.4 Å². The minimum absolute atomic E-state index is 0.0481. The highest BCUT2D eigenvalue weighted by Gasteiger charge is 2.06. The molecule has 1 aromatic heterocycles. The summed E-state index contributed by atoms with van der Waals surface area (Å²) < 4.78 is 0. The number of fused-ring (bicyclic) bond motifs is 1. The van der Waals surface area contributed by atoms with Crippen LogP contribution >= 0.6 is 23.1 Å². The normalized spacial score (nSPS) is 11.2. The molecule has 0 aliphatic heterocycles. The summed E-state index contributed by atoms with van der Waals surface area (Å²) in [4.78, 5) is 23.9. The molecule has 1 N–H and O–H groups in total. The second-order valence-corrected chi connectivity index (χ2v) is 7.60. The van der Waals surface area contributed by atoms with E-state index >= 15 is 0 Å². The van der Waals surface area contributed by atoms with Gasteiger partial charge >= 0.3 is 0 Å². The molecule has 0 aliphatic carbocycles. The van der Waals surface area contributed by atoms with Crippen LogP contribution in [0.25, 0.3) is 10.8 Å². The van der Waals surface area contributed by atoms with Gasteiger partial charge in [-0.05, 0) is 45.5 Å². The highest BCUT2D eigenvalue weighted by molar-refractivity contribution is 8.16. The van der Waals surface area contributed by atoms with Crippen LogP contribution in [0.4, 0.5) is 0 Å². The van der Waals surface area contributed by atoms with Gasteiger partial charge in [-0.15, -0.1) is 0 Å². The van der Waals surface area contributed by atoms with E-state index in [1.165, 1.54) is 31.8 Å². The van der Waals surface area contributed by atoms with E-state index in [0.717, 1.165) is 35.4 Å². The second kappa shape index (κ2) is 11.1. The Hall–Kier alpha value is -1.59. The molecular weight excluding hydrogens is 350 g/mol. The Bertz CT molecular complexity index is 721. The van der Waals surface area contributed by atoms with E-state index in [0.29, 0.717) is 12.1 Å². The van der Waals surface area contributed by atoms with Gasteiger partial charge < -0.3 is 5.32 Å². The molecule has 0 fully saturated rings. The highest BCUT2D eigenvalue weighted by atomic mass is 32.2. The lowest BCUT2D eigenvalue weighted by Crippen LogP contribution is -2.21. The molecular formula is C20H25NO2S2. The largest absolute Gasteiger partial charge is 0.353 e. The number of unbranched alkanes of at least 4 members (excludes halogenated alkanes) is 5. The standard InChI is InChI=1S/C20H25NO2S2/c1-2-3-4-5-6-7-11-21-19(22)10-12-25-20(23)16-8-9-17-14-24-15-18(17)13-16/h8-10,12-15H,2-7,11H2,1H3,(H,21,22)/b12-10-. The summed E-state index contributed by atoms with van der Waals surface area (Å²) in [5.41, 5.74) is 0.660. The number of hydrogen-bond acceptors (Lipinski definition) is 4. The van der Waals surface area contributed by atoms with Crippen LogP contribution in [0, 0.1) is 0 Å². The van der Waals surface area contributed by atoms with Gasteiger partial charge in [0.1, 0.15) is 0 Å². The Morgan fingerprint density at radius 1 is 1.08 bits per heavy atom. The summed E-state index contributed by atoms with van der Waals surface area (Å²) in [7, 11) is 0. The van der Waals surface area contributed by atoms with Crippen LogP contribution < -0.4 is 5.32 Å². The number of nitrogens with one attached hydrogen (secondary N) is 1. The van der Waals surface area contributed by atoms with E-state index in [1.807, 2.05) is 23.6 Å². The van der Waals surface area contributed by atoms with Crippen LogP contribution in [0.2, 0.25) is 0 Å². The molecule has 0 saturated carbocycles. The van der Waals surface area contributed by atoms with E-state index in [9.17, 15) is 9.59 Å². The van der Waals surface area contributed by atoms with Gasteiger partial charge in [-0.2, -0.15) is 11.3 Å². The maximum Gasteiger partial charge on any atom is 0.244 e. The summed E-state index contributed by atoms with van der Waals surface area (Å²) in [6.45, 7) is 2.90. The van der Waals surface area contributed by atoms with E-state index in [-0.39, 0.29) is 11.0 Å². The van der Waals surface area contributed by atoms with Crippen LogP contribution in [0.1, 0.15) is 55.8 Å². The predicted octanol–water partition coefficient (Wildman–Crippen LogP) is 5.77. The van der Waals surface area contributed by atoms with Gasteiger partial charge in [0, 0.05) is 18.2 Å². The minimum atomic E-state index is -0.137. The minimum Gasteiger partial charge on any atom is -0.353 e. The monoisotopic (exact) mass is 375 g/mol. The lowest BCUT2D eigenvalue weighted by atomic mass is 10.1. The molecule has 0 saturated heterocycles. The third-order valence-corrected chi connectivity index (χ3v) is 5.44. The van der Waals surface area contributed by atoms with Crippen molar-refractivity contribution in [2.75, 3.05) is 6.54 Å². The summed E-state index contributed by atoms with van der Waals surface area (Å²) in [6.07, 6.45) is 8.65. The van der Waals surface area contributed by atoms with Crippen LogP contribution in [0.5, 0.6) is 0 Å². The zero-order valence-corrected chi connectivity index (χ0v) is 16.3. The van der Waals surface area contributed by atoms with Crippen LogP contribution in [-0.2, 0) is 4.79 Å². The summed E-state index contributed by atoms with van der Waals surface area (Å²) in [5.74, 6) is -0.137. The van der Waals surface area contributed by atoms with E-state index < -0.39 is 0 Å². The highest BCUT2D eigenvalue weighted by Crippen LogP contribution is 2.23. The summed E-state index contributed by atoms with van der Waals surface area (Å²) in [6, 6.07) is 5.68. The molecule has 3 nitrogen and oxygen atoms in total. The number of amides is 1. The molecule has 0 unspecified atom stereocenters. The maximum atomic E-state index is 12.2. The fourth-order valence-corrected chi connectivity index (χ4v) is 3.85. The molecule has 5 heteroatoms. The smallest absolute Gasteiger partial charge is 0.244 e. The Labute approximate surface area is 157 Å². The zero-order valence-electron chi connectivity index (χ0n) is 14.6. The molecule has 2 aromatic rings. The first kappa shape index (κ1) is 19.7. The predicted molar refractivity (Wildman–Crippen MR) is 109 cm³/mol. The van der Waals surface area contributed by atoms with Crippen LogP contribution in [0.15, 0.2) is 40.4 Å². The first-order chi connectivity index (χ1) is 12.2. The van der Waals surface area contributed by atoms with Gasteiger partial charge in [0.25, 0.3) is 0 Å². The molecule has 1 amide bonds. The van der Waals surface area contributed by atoms with Crippen LogP contribution in [-0.4, -0.2) is 17.6 Å². The number of carbonyl (C=O) groups excluding carboxylic acids is 2. The Morgan fingerprint density at radius 2 is 1.84 bits per heavy atom. The maximum absolute atomic E-state index is 12.2. The molecule has 25 heavy (non-hydrogen) atoms. The van der Waals surface area contributed by atoms with E-state index in [4.69, 9.17) is 0 Å². The average molecular weight is 376 g/mol. The lowest BCUT2D eigenvalue weighted by molar-refractivity contribution is -0.116. The molecule has 0 aliphatic rings. The van der Waals surface area contributed by atoms with Crippen molar-refractivity contribution in [3.05, 3.63) is 46.0 Å². The van der Waals surface area contributed by atoms with E-state index in [1.54, 1.807) is 16.7 Å². The molecule has 0 bridgehead atoms. The number of benzene rings is 1. The Morgan fingerprint density at radius 3 is 2.68 bits per heavy atom. The molecule has 1 aromatic carbocycles. The topological polar surface area (TPSA) is 46.2 Å². The van der Waals surface area contributed by atoms with Gasteiger partial charge in [0.15, 0.2) is 0 Å². The summed E-state index contributed by atoms with van der Waals surface area (Å²) >= 11 is 2.67. The van der Waals surface area contributed by atoms with E-state index in [2.05, 4.69) is 17.6 Å². The third kappa shape index (κ3) is 7.04. The van der Waals surface area contributed by atoms with Crippen molar-refractivity contribution in [3.8, 4) is 0 Å². The Kier molecular flexibility index (Phi) is 8.77. The van der Waals surface area contributed by atoms with Gasteiger partial charge in [-0.25, -0.2) is 0 Å². The molecule has 2 rings (SSSR count). The van der Waals surface area contributed by atoms with Gasteiger partial charge in [0.05, 0.1) is 0 Å². The number of thioether (sulfide) groups is 1. The van der Waals surface area contributed by atoms with Gasteiger partial charge in [0.2, 0.25) is 11.0 Å². The molecule has 0 spiro atoms. The number of hydrogen-bond donors (Lipinski definition) is 1.